The summed E-state index contributed by atoms with van der Waals surface area (Å²) >= 11 is 1.93. The lowest BCUT2D eigenvalue weighted by atomic mass is 10.0. The van der Waals surface area contributed by atoms with Crippen LogP contribution in [0.4, 0.5) is 4.39 Å². The molecule has 0 saturated carbocycles. The monoisotopic (exact) mass is 362 g/mol. The zero-order valence-electron chi connectivity index (χ0n) is 10.8. The van der Waals surface area contributed by atoms with Crippen molar-refractivity contribution < 1.29 is 9.18 Å². The quantitative estimate of drug-likeness (QED) is 0.346. The van der Waals surface area contributed by atoms with Crippen molar-refractivity contribution in [2.75, 3.05) is 0 Å². The lowest BCUT2D eigenvalue weighted by Crippen LogP contribution is -2.00. The molecule has 0 radical (unpaired) electrons. The van der Waals surface area contributed by atoms with E-state index in [1.54, 1.807) is 12.1 Å². The first-order valence-corrected chi connectivity index (χ1v) is 7.71. The molecule has 0 bridgehead atoms. The van der Waals surface area contributed by atoms with Crippen molar-refractivity contribution >= 4 is 28.4 Å². The van der Waals surface area contributed by atoms with E-state index in [1.165, 1.54) is 31.7 Å². The summed E-state index contributed by atoms with van der Waals surface area (Å²) in [6.45, 7) is 2.19. The van der Waals surface area contributed by atoms with Crippen LogP contribution in [0.15, 0.2) is 18.2 Å². The summed E-state index contributed by atoms with van der Waals surface area (Å²) in [5.74, 6) is -0.245. The molecule has 0 heterocycles. The highest BCUT2D eigenvalue weighted by atomic mass is 127. The highest BCUT2D eigenvalue weighted by molar-refractivity contribution is 14.1. The van der Waals surface area contributed by atoms with Crippen LogP contribution in [0.2, 0.25) is 0 Å². The lowest BCUT2D eigenvalue weighted by molar-refractivity contribution is 0.0978. The Kier molecular flexibility index (Phi) is 7.47. The van der Waals surface area contributed by atoms with Crippen LogP contribution in [-0.2, 0) is 0 Å². The highest BCUT2D eigenvalue weighted by Gasteiger charge is 2.08. The summed E-state index contributed by atoms with van der Waals surface area (Å²) in [4.78, 5) is 11.8. The number of hydrogen-bond donors (Lipinski definition) is 0. The van der Waals surface area contributed by atoms with E-state index in [4.69, 9.17) is 0 Å². The maximum atomic E-state index is 13.3. The van der Waals surface area contributed by atoms with Crippen molar-refractivity contribution in [1.29, 1.82) is 0 Å². The summed E-state index contributed by atoms with van der Waals surface area (Å²) in [5.41, 5.74) is 0.501. The number of Topliss-reactive ketones (excluding diaryl/α,β-unsaturated/α-hetero) is 1. The number of carbonyl (C=O) groups is 1. The van der Waals surface area contributed by atoms with E-state index in [9.17, 15) is 9.18 Å². The van der Waals surface area contributed by atoms with Gasteiger partial charge in [0, 0.05) is 15.6 Å². The molecule has 0 unspecified atom stereocenters. The van der Waals surface area contributed by atoms with E-state index in [0.29, 0.717) is 15.6 Å². The van der Waals surface area contributed by atoms with Gasteiger partial charge in [-0.1, -0.05) is 45.1 Å². The minimum atomic E-state index is -0.301. The summed E-state index contributed by atoms with van der Waals surface area (Å²) in [5, 5.41) is 0. The van der Waals surface area contributed by atoms with E-state index in [1.807, 2.05) is 22.6 Å². The van der Waals surface area contributed by atoms with Gasteiger partial charge in [-0.2, -0.15) is 0 Å². The van der Waals surface area contributed by atoms with Crippen LogP contribution >= 0.6 is 22.6 Å². The fourth-order valence-corrected chi connectivity index (χ4v) is 2.22. The Hall–Kier alpha value is -0.450. The molecule has 1 aromatic carbocycles. The molecular weight excluding hydrogens is 342 g/mol. The number of benzene rings is 1. The first-order chi connectivity index (χ1) is 8.65. The summed E-state index contributed by atoms with van der Waals surface area (Å²) < 4.78 is 13.9. The molecule has 0 fully saturated rings. The number of ketones is 1. The van der Waals surface area contributed by atoms with Crippen LogP contribution in [0, 0.1) is 9.39 Å². The zero-order valence-corrected chi connectivity index (χ0v) is 13.0. The van der Waals surface area contributed by atoms with Crippen LogP contribution in [0.5, 0.6) is 0 Å². The second-order valence-corrected chi connectivity index (χ2v) is 5.73. The van der Waals surface area contributed by atoms with Gasteiger partial charge in [-0.3, -0.25) is 4.79 Å². The van der Waals surface area contributed by atoms with Crippen LogP contribution in [0.3, 0.4) is 0 Å². The van der Waals surface area contributed by atoms with Gasteiger partial charge in [0.1, 0.15) is 5.82 Å². The predicted octanol–water partition coefficient (Wildman–Crippen LogP) is 5.36. The lowest BCUT2D eigenvalue weighted by Gasteiger charge is -2.03. The minimum absolute atomic E-state index is 0.0563. The third-order valence-corrected chi connectivity index (χ3v) is 3.87. The first kappa shape index (κ1) is 15.6. The van der Waals surface area contributed by atoms with Gasteiger partial charge < -0.3 is 0 Å². The average Bonchev–Trinajstić information content (AvgIpc) is 2.36. The van der Waals surface area contributed by atoms with Gasteiger partial charge in [-0.05, 0) is 41.1 Å². The fourth-order valence-electron chi connectivity index (χ4n) is 1.88. The topological polar surface area (TPSA) is 17.1 Å². The number of unbranched alkanes of at least 4 members (excludes halogenated alkanes) is 5. The largest absolute Gasteiger partial charge is 0.294 e. The summed E-state index contributed by atoms with van der Waals surface area (Å²) in [6.07, 6.45) is 7.50. The molecule has 0 saturated heterocycles. The molecule has 0 N–H and O–H groups in total. The molecule has 0 atom stereocenters. The molecule has 18 heavy (non-hydrogen) atoms. The van der Waals surface area contributed by atoms with Crippen LogP contribution < -0.4 is 0 Å². The van der Waals surface area contributed by atoms with Crippen molar-refractivity contribution in [3.8, 4) is 0 Å². The van der Waals surface area contributed by atoms with E-state index in [2.05, 4.69) is 6.92 Å². The molecule has 0 spiro atoms. The Bertz CT molecular complexity index is 390. The summed E-state index contributed by atoms with van der Waals surface area (Å²) in [7, 11) is 0. The van der Waals surface area contributed by atoms with Gasteiger partial charge in [-0.25, -0.2) is 4.39 Å². The van der Waals surface area contributed by atoms with E-state index >= 15 is 0 Å². The van der Waals surface area contributed by atoms with Crippen LogP contribution in [0.25, 0.3) is 0 Å². The Morgan fingerprint density at radius 3 is 2.50 bits per heavy atom. The number of hydrogen-bond acceptors (Lipinski definition) is 1. The third kappa shape index (κ3) is 5.46. The van der Waals surface area contributed by atoms with E-state index < -0.39 is 0 Å². The predicted molar refractivity (Wildman–Crippen MR) is 81.4 cm³/mol. The Balaban J connectivity index is 2.30. The molecule has 0 aliphatic heterocycles. The SMILES string of the molecule is CCCCCCCCC(=O)c1ccc(I)c(F)c1. The minimum Gasteiger partial charge on any atom is -0.294 e. The third-order valence-electron chi connectivity index (χ3n) is 3.00. The number of rotatable bonds is 8. The Labute approximate surface area is 122 Å². The first-order valence-electron chi connectivity index (χ1n) is 6.63. The molecule has 0 aliphatic rings. The van der Waals surface area contributed by atoms with Gasteiger partial charge in [-0.15, -0.1) is 0 Å². The van der Waals surface area contributed by atoms with Gasteiger partial charge in [0.2, 0.25) is 0 Å². The van der Waals surface area contributed by atoms with Crippen molar-refractivity contribution in [3.05, 3.63) is 33.1 Å². The molecule has 1 aromatic rings. The smallest absolute Gasteiger partial charge is 0.162 e. The van der Waals surface area contributed by atoms with Crippen molar-refractivity contribution in [1.82, 2.24) is 0 Å². The van der Waals surface area contributed by atoms with Crippen LogP contribution in [-0.4, -0.2) is 5.78 Å². The molecule has 0 amide bonds. The van der Waals surface area contributed by atoms with E-state index in [0.717, 1.165) is 12.8 Å². The Morgan fingerprint density at radius 2 is 1.83 bits per heavy atom. The molecule has 3 heteroatoms. The normalized spacial score (nSPS) is 10.6. The maximum absolute atomic E-state index is 13.3. The Morgan fingerprint density at radius 1 is 1.17 bits per heavy atom. The van der Waals surface area contributed by atoms with Gasteiger partial charge in [0.25, 0.3) is 0 Å². The summed E-state index contributed by atoms with van der Waals surface area (Å²) in [6, 6.07) is 4.72. The van der Waals surface area contributed by atoms with Crippen LogP contribution in [0.1, 0.15) is 62.2 Å². The molecular formula is C15H20FIO. The maximum Gasteiger partial charge on any atom is 0.162 e. The zero-order chi connectivity index (χ0) is 13.4. The molecule has 1 nitrogen and oxygen atoms in total. The molecule has 0 aromatic heterocycles. The molecule has 1 rings (SSSR count). The van der Waals surface area contributed by atoms with Crippen molar-refractivity contribution in [3.63, 3.8) is 0 Å². The molecule has 0 aliphatic carbocycles. The van der Waals surface area contributed by atoms with Gasteiger partial charge >= 0.3 is 0 Å². The van der Waals surface area contributed by atoms with Gasteiger partial charge in [0.05, 0.1) is 0 Å². The fraction of sp³-hybridized carbons (Fsp3) is 0.533. The standard InChI is InChI=1S/C15H20FIO/c1-2-3-4-5-6-7-8-15(18)12-9-10-14(17)13(16)11-12/h9-11H,2-8H2,1H3. The second kappa shape index (κ2) is 8.62. The van der Waals surface area contributed by atoms with E-state index in [-0.39, 0.29) is 11.6 Å². The molecule has 100 valence electrons. The number of halogens is 2. The highest BCUT2D eigenvalue weighted by Crippen LogP contribution is 2.15. The van der Waals surface area contributed by atoms with Crippen molar-refractivity contribution in [2.45, 2.75) is 51.9 Å². The number of carbonyl (C=O) groups excluding carboxylic acids is 1. The average molecular weight is 362 g/mol. The van der Waals surface area contributed by atoms with Crippen molar-refractivity contribution in [2.24, 2.45) is 0 Å². The van der Waals surface area contributed by atoms with Gasteiger partial charge in [0.15, 0.2) is 5.78 Å². The second-order valence-electron chi connectivity index (χ2n) is 4.57.